The molecule has 0 aromatic heterocycles. The molecule has 0 aliphatic heterocycles. The van der Waals surface area contributed by atoms with Crippen molar-refractivity contribution in [3.05, 3.63) is 71.3 Å². The fraction of sp³-hybridized carbons (Fsp3) is 0.462. The Kier molecular flexibility index (Phi) is 12.9. The third-order valence-corrected chi connectivity index (χ3v) is 5.16. The second kappa shape index (κ2) is 16.0. The van der Waals surface area contributed by atoms with Crippen molar-refractivity contribution in [2.24, 2.45) is 11.5 Å². The standard InChI is InChI=1S/C26H36N2O6/c1-2-21-10-6-7-11-22(21)19-24(28)26(30)34-17-15-32-13-12-31-14-16-33-25(29)23(27)18-20-8-4-3-5-9-20/h3-11,23-24H,2,12-19,27-28H2,1H3. The zero-order valence-corrected chi connectivity index (χ0v) is 19.8. The fourth-order valence-electron chi connectivity index (χ4n) is 3.31. The first-order valence-corrected chi connectivity index (χ1v) is 11.6. The molecule has 2 unspecified atom stereocenters. The fourth-order valence-corrected chi connectivity index (χ4v) is 3.31. The van der Waals surface area contributed by atoms with Crippen LogP contribution >= 0.6 is 0 Å². The lowest BCUT2D eigenvalue weighted by Crippen LogP contribution is -2.35. The third kappa shape index (κ3) is 10.4. The van der Waals surface area contributed by atoms with Crippen molar-refractivity contribution in [2.45, 2.75) is 38.3 Å². The van der Waals surface area contributed by atoms with E-state index in [1.165, 1.54) is 5.56 Å². The van der Waals surface area contributed by atoms with Gasteiger partial charge in [-0.1, -0.05) is 61.5 Å². The molecule has 8 nitrogen and oxygen atoms in total. The molecule has 34 heavy (non-hydrogen) atoms. The topological polar surface area (TPSA) is 123 Å². The predicted octanol–water partition coefficient (Wildman–Crippen LogP) is 1.81. The van der Waals surface area contributed by atoms with E-state index in [0.717, 1.165) is 17.5 Å². The van der Waals surface area contributed by atoms with Crippen molar-refractivity contribution >= 4 is 11.9 Å². The SMILES string of the molecule is CCc1ccccc1CC(N)C(=O)OCCOCCOCCOC(=O)C(N)Cc1ccccc1. The van der Waals surface area contributed by atoms with E-state index in [1.807, 2.05) is 54.6 Å². The van der Waals surface area contributed by atoms with Crippen LogP contribution in [0, 0.1) is 0 Å². The molecule has 2 rings (SSSR count). The van der Waals surface area contributed by atoms with Gasteiger partial charge in [-0.2, -0.15) is 0 Å². The van der Waals surface area contributed by atoms with Crippen molar-refractivity contribution < 1.29 is 28.5 Å². The second-order valence-corrected chi connectivity index (χ2v) is 7.79. The Hall–Kier alpha value is -2.78. The van der Waals surface area contributed by atoms with E-state index in [-0.39, 0.29) is 26.4 Å². The summed E-state index contributed by atoms with van der Waals surface area (Å²) in [6.45, 7) is 3.46. The zero-order chi connectivity index (χ0) is 24.6. The molecule has 186 valence electrons. The number of nitrogens with two attached hydrogens (primary N) is 2. The lowest BCUT2D eigenvalue weighted by molar-refractivity contribution is -0.148. The Morgan fingerprint density at radius 1 is 0.676 bits per heavy atom. The Morgan fingerprint density at radius 2 is 1.15 bits per heavy atom. The summed E-state index contributed by atoms with van der Waals surface area (Å²) < 4.78 is 21.1. The van der Waals surface area contributed by atoms with Gasteiger partial charge in [0.25, 0.3) is 0 Å². The van der Waals surface area contributed by atoms with Crippen LogP contribution in [0.15, 0.2) is 54.6 Å². The predicted molar refractivity (Wildman–Crippen MR) is 129 cm³/mol. The Labute approximate surface area is 201 Å². The molecule has 0 aliphatic rings. The number of hydrogen-bond donors (Lipinski definition) is 2. The first-order chi connectivity index (χ1) is 16.5. The molecule has 0 spiro atoms. The number of hydrogen-bond acceptors (Lipinski definition) is 8. The zero-order valence-electron chi connectivity index (χ0n) is 19.8. The van der Waals surface area contributed by atoms with Crippen molar-refractivity contribution in [3.8, 4) is 0 Å². The van der Waals surface area contributed by atoms with Gasteiger partial charge in [0.05, 0.1) is 26.4 Å². The minimum Gasteiger partial charge on any atom is -0.462 e. The molecular formula is C26H36N2O6. The van der Waals surface area contributed by atoms with Crippen molar-refractivity contribution in [1.82, 2.24) is 0 Å². The van der Waals surface area contributed by atoms with E-state index >= 15 is 0 Å². The lowest BCUT2D eigenvalue weighted by Gasteiger charge is -2.14. The molecule has 0 amide bonds. The van der Waals surface area contributed by atoms with E-state index in [2.05, 4.69) is 6.92 Å². The molecule has 0 bridgehead atoms. The van der Waals surface area contributed by atoms with Gasteiger partial charge in [0.15, 0.2) is 0 Å². The number of ether oxygens (including phenoxy) is 4. The van der Waals surface area contributed by atoms with Crippen LogP contribution in [0.3, 0.4) is 0 Å². The van der Waals surface area contributed by atoms with Gasteiger partial charge in [-0.3, -0.25) is 9.59 Å². The van der Waals surface area contributed by atoms with E-state index < -0.39 is 24.0 Å². The number of rotatable bonds is 16. The van der Waals surface area contributed by atoms with Crippen molar-refractivity contribution in [1.29, 1.82) is 0 Å². The maximum Gasteiger partial charge on any atom is 0.323 e. The van der Waals surface area contributed by atoms with Crippen LogP contribution in [0.5, 0.6) is 0 Å². The molecule has 0 saturated carbocycles. The molecule has 2 aromatic rings. The molecule has 8 heteroatoms. The van der Waals surface area contributed by atoms with Gasteiger partial charge in [0.1, 0.15) is 25.3 Å². The molecule has 4 N–H and O–H groups in total. The lowest BCUT2D eigenvalue weighted by atomic mass is 9.99. The summed E-state index contributed by atoms with van der Waals surface area (Å²) in [5.41, 5.74) is 15.1. The highest BCUT2D eigenvalue weighted by Crippen LogP contribution is 2.12. The van der Waals surface area contributed by atoms with Gasteiger partial charge in [-0.25, -0.2) is 0 Å². The molecule has 0 radical (unpaired) electrons. The van der Waals surface area contributed by atoms with Crippen molar-refractivity contribution in [3.63, 3.8) is 0 Å². The number of aryl methyl sites for hydroxylation is 1. The number of benzene rings is 2. The summed E-state index contributed by atoms with van der Waals surface area (Å²) in [6.07, 6.45) is 1.76. The van der Waals surface area contributed by atoms with Gasteiger partial charge < -0.3 is 30.4 Å². The molecular weight excluding hydrogens is 436 g/mol. The first kappa shape index (κ1) is 27.5. The first-order valence-electron chi connectivity index (χ1n) is 11.6. The molecule has 2 atom stereocenters. The highest BCUT2D eigenvalue weighted by Gasteiger charge is 2.17. The largest absolute Gasteiger partial charge is 0.462 e. The average Bonchev–Trinajstić information content (AvgIpc) is 2.85. The summed E-state index contributed by atoms with van der Waals surface area (Å²) >= 11 is 0. The summed E-state index contributed by atoms with van der Waals surface area (Å²) in [6, 6.07) is 16.1. The maximum atomic E-state index is 12.1. The summed E-state index contributed by atoms with van der Waals surface area (Å²) in [4.78, 5) is 24.0. The molecule has 2 aromatic carbocycles. The quantitative estimate of drug-likeness (QED) is 0.280. The average molecular weight is 473 g/mol. The van der Waals surface area contributed by atoms with Crippen molar-refractivity contribution in [2.75, 3.05) is 39.6 Å². The monoisotopic (exact) mass is 472 g/mol. The van der Waals surface area contributed by atoms with Crippen LogP contribution in [0.25, 0.3) is 0 Å². The van der Waals surface area contributed by atoms with E-state index in [0.29, 0.717) is 26.1 Å². The summed E-state index contributed by atoms with van der Waals surface area (Å²) in [5, 5.41) is 0. The van der Waals surface area contributed by atoms with Gasteiger partial charge in [0.2, 0.25) is 0 Å². The normalized spacial score (nSPS) is 12.7. The molecule has 0 heterocycles. The number of carbonyl (C=O) groups is 2. The maximum absolute atomic E-state index is 12.1. The second-order valence-electron chi connectivity index (χ2n) is 7.79. The van der Waals surface area contributed by atoms with Crippen LogP contribution in [0.2, 0.25) is 0 Å². The van der Waals surface area contributed by atoms with Gasteiger partial charge in [0, 0.05) is 0 Å². The summed E-state index contributed by atoms with van der Waals surface area (Å²) in [7, 11) is 0. The minimum absolute atomic E-state index is 0.123. The van der Waals surface area contributed by atoms with Gasteiger partial charge in [-0.15, -0.1) is 0 Å². The van der Waals surface area contributed by atoms with E-state index in [4.69, 9.17) is 30.4 Å². The molecule has 0 saturated heterocycles. The van der Waals surface area contributed by atoms with E-state index in [9.17, 15) is 9.59 Å². The Morgan fingerprint density at radius 3 is 1.71 bits per heavy atom. The minimum atomic E-state index is -0.709. The van der Waals surface area contributed by atoms with Crippen LogP contribution in [0.4, 0.5) is 0 Å². The van der Waals surface area contributed by atoms with Crippen LogP contribution < -0.4 is 11.5 Å². The third-order valence-electron chi connectivity index (χ3n) is 5.16. The Balaban J connectivity index is 1.45. The van der Waals surface area contributed by atoms with Gasteiger partial charge in [-0.05, 0) is 36.0 Å². The molecule has 0 fully saturated rings. The van der Waals surface area contributed by atoms with E-state index in [1.54, 1.807) is 0 Å². The number of esters is 2. The smallest absolute Gasteiger partial charge is 0.323 e. The summed E-state index contributed by atoms with van der Waals surface area (Å²) in [5.74, 6) is -0.903. The van der Waals surface area contributed by atoms with Gasteiger partial charge >= 0.3 is 11.9 Å². The molecule has 0 aliphatic carbocycles. The Bertz CT molecular complexity index is 861. The van der Waals surface area contributed by atoms with Crippen LogP contribution in [0.1, 0.15) is 23.6 Å². The van der Waals surface area contributed by atoms with Crippen LogP contribution in [-0.2, 0) is 47.8 Å². The highest BCUT2D eigenvalue weighted by atomic mass is 16.6. The van der Waals surface area contributed by atoms with Crippen LogP contribution in [-0.4, -0.2) is 63.7 Å². The number of carbonyl (C=O) groups excluding carboxylic acids is 2. The highest BCUT2D eigenvalue weighted by molar-refractivity contribution is 5.76.